The average molecular weight is 254 g/mol. The molecule has 1 aromatic rings. The highest BCUT2D eigenvalue weighted by Gasteiger charge is 2.50. The predicted octanol–water partition coefficient (Wildman–Crippen LogP) is 0.209. The summed E-state index contributed by atoms with van der Waals surface area (Å²) < 4.78 is 25.2. The van der Waals surface area contributed by atoms with Gasteiger partial charge in [0.2, 0.25) is 5.91 Å². The Labute approximate surface area is 101 Å². The Morgan fingerprint density at radius 1 is 1.47 bits per heavy atom. The van der Waals surface area contributed by atoms with Gasteiger partial charge in [0.05, 0.1) is 6.67 Å². The van der Waals surface area contributed by atoms with Crippen molar-refractivity contribution in [3.05, 3.63) is 29.6 Å². The SMILES string of the molecule is O=C1NCNC12CC[S+]([O-])c1ccc(F)cc12. The molecule has 0 aromatic heterocycles. The summed E-state index contributed by atoms with van der Waals surface area (Å²) in [6.07, 6.45) is 0.432. The maximum atomic E-state index is 13.3. The molecule has 0 saturated carbocycles. The fourth-order valence-electron chi connectivity index (χ4n) is 2.45. The summed E-state index contributed by atoms with van der Waals surface area (Å²) in [5.41, 5.74) is -0.386. The maximum absolute atomic E-state index is 13.3. The van der Waals surface area contributed by atoms with E-state index in [9.17, 15) is 13.7 Å². The molecule has 1 fully saturated rings. The Balaban J connectivity index is 2.20. The molecule has 1 saturated heterocycles. The molecule has 0 radical (unpaired) electrons. The van der Waals surface area contributed by atoms with Crippen LogP contribution in [0.1, 0.15) is 12.0 Å². The lowest BCUT2D eigenvalue weighted by atomic mass is 9.87. The summed E-state index contributed by atoms with van der Waals surface area (Å²) in [4.78, 5) is 12.5. The first-order valence-electron chi connectivity index (χ1n) is 5.35. The van der Waals surface area contributed by atoms with Gasteiger partial charge < -0.3 is 9.87 Å². The molecule has 4 nitrogen and oxygen atoms in total. The normalized spacial score (nSPS) is 31.4. The number of halogens is 1. The molecule has 0 aliphatic carbocycles. The third-order valence-corrected chi connectivity index (χ3v) is 4.76. The number of carbonyl (C=O) groups excluding carboxylic acids is 1. The molecule has 2 atom stereocenters. The molecule has 2 unspecified atom stereocenters. The topological polar surface area (TPSA) is 64.2 Å². The first-order chi connectivity index (χ1) is 8.13. The third-order valence-electron chi connectivity index (χ3n) is 3.34. The minimum atomic E-state index is -1.15. The van der Waals surface area contributed by atoms with Crippen molar-refractivity contribution in [2.75, 3.05) is 12.4 Å². The fourth-order valence-corrected chi connectivity index (χ4v) is 3.86. The lowest BCUT2D eigenvalue weighted by molar-refractivity contribution is -0.124. The summed E-state index contributed by atoms with van der Waals surface area (Å²) in [6, 6.07) is 4.10. The van der Waals surface area contributed by atoms with E-state index in [-0.39, 0.29) is 5.91 Å². The van der Waals surface area contributed by atoms with Crippen LogP contribution < -0.4 is 10.6 Å². The number of nitrogens with one attached hydrogen (secondary N) is 2. The molecule has 2 N–H and O–H groups in total. The molecule has 17 heavy (non-hydrogen) atoms. The van der Waals surface area contributed by atoms with Crippen molar-refractivity contribution >= 4 is 17.1 Å². The predicted molar refractivity (Wildman–Crippen MR) is 60.1 cm³/mol. The monoisotopic (exact) mass is 254 g/mol. The van der Waals surface area contributed by atoms with Gasteiger partial charge in [0.1, 0.15) is 17.1 Å². The Hall–Kier alpha value is -1.11. The van der Waals surface area contributed by atoms with E-state index >= 15 is 0 Å². The van der Waals surface area contributed by atoms with Crippen LogP contribution in [0.2, 0.25) is 0 Å². The van der Waals surface area contributed by atoms with E-state index in [2.05, 4.69) is 10.6 Å². The average Bonchev–Trinajstić information content (AvgIpc) is 2.67. The standard InChI is InChI=1S/C11H11FN2O2S/c12-7-1-2-9-8(5-7)11(3-4-17(9)16)10(15)13-6-14-11/h1-2,5,14H,3-4,6H2,(H,13,15). The molecule has 3 rings (SSSR count). The second-order valence-corrected chi connectivity index (χ2v) is 5.74. The van der Waals surface area contributed by atoms with Gasteiger partial charge in [-0.15, -0.1) is 0 Å². The summed E-state index contributed by atoms with van der Waals surface area (Å²) in [5, 5.41) is 5.75. The van der Waals surface area contributed by atoms with Crippen molar-refractivity contribution in [3.8, 4) is 0 Å². The molecule has 90 valence electrons. The molecule has 1 spiro atoms. The highest BCUT2D eigenvalue weighted by Crippen LogP contribution is 2.38. The minimum absolute atomic E-state index is 0.166. The number of amides is 1. The van der Waals surface area contributed by atoms with E-state index in [0.717, 1.165) is 0 Å². The van der Waals surface area contributed by atoms with Crippen LogP contribution in [-0.2, 0) is 21.5 Å². The number of fused-ring (bicyclic) bond motifs is 2. The quantitative estimate of drug-likeness (QED) is 0.650. The zero-order valence-electron chi connectivity index (χ0n) is 8.96. The van der Waals surface area contributed by atoms with Crippen molar-refractivity contribution in [3.63, 3.8) is 0 Å². The molecule has 1 aromatic carbocycles. The molecule has 2 aliphatic rings. The van der Waals surface area contributed by atoms with Crippen molar-refractivity contribution in [1.82, 2.24) is 10.6 Å². The zero-order valence-corrected chi connectivity index (χ0v) is 9.77. The van der Waals surface area contributed by atoms with Crippen LogP contribution in [0.4, 0.5) is 4.39 Å². The van der Waals surface area contributed by atoms with E-state index in [1.54, 1.807) is 0 Å². The van der Waals surface area contributed by atoms with Crippen LogP contribution in [0.25, 0.3) is 0 Å². The lowest BCUT2D eigenvalue weighted by Crippen LogP contribution is -2.48. The van der Waals surface area contributed by atoms with Gasteiger partial charge in [-0.05, 0) is 29.4 Å². The van der Waals surface area contributed by atoms with Crippen molar-refractivity contribution in [2.45, 2.75) is 16.9 Å². The van der Waals surface area contributed by atoms with Gasteiger partial charge in [0.25, 0.3) is 0 Å². The van der Waals surface area contributed by atoms with Crippen LogP contribution in [0, 0.1) is 5.82 Å². The van der Waals surface area contributed by atoms with E-state index in [4.69, 9.17) is 0 Å². The molecule has 2 aliphatic heterocycles. The first-order valence-corrected chi connectivity index (χ1v) is 6.67. The number of rotatable bonds is 0. The number of hydrogen-bond donors (Lipinski definition) is 2. The van der Waals surface area contributed by atoms with Crippen LogP contribution in [-0.4, -0.2) is 22.9 Å². The molecule has 0 bridgehead atoms. The zero-order chi connectivity index (χ0) is 12.0. The van der Waals surface area contributed by atoms with Gasteiger partial charge in [-0.25, -0.2) is 4.39 Å². The van der Waals surface area contributed by atoms with Gasteiger partial charge in [-0.1, -0.05) is 0 Å². The van der Waals surface area contributed by atoms with Crippen LogP contribution in [0.3, 0.4) is 0 Å². The number of hydrogen-bond acceptors (Lipinski definition) is 3. The Morgan fingerprint density at radius 3 is 3.00 bits per heavy atom. The molecule has 2 heterocycles. The smallest absolute Gasteiger partial charge is 0.246 e. The van der Waals surface area contributed by atoms with Gasteiger partial charge in [0, 0.05) is 12.0 Å². The van der Waals surface area contributed by atoms with Gasteiger partial charge in [-0.2, -0.15) is 0 Å². The Kier molecular flexibility index (Phi) is 2.39. The lowest BCUT2D eigenvalue weighted by Gasteiger charge is -2.33. The van der Waals surface area contributed by atoms with Gasteiger partial charge >= 0.3 is 0 Å². The second-order valence-electron chi connectivity index (χ2n) is 4.20. The highest BCUT2D eigenvalue weighted by molar-refractivity contribution is 7.91. The van der Waals surface area contributed by atoms with Crippen LogP contribution >= 0.6 is 0 Å². The highest BCUT2D eigenvalue weighted by atomic mass is 32.2. The third kappa shape index (κ3) is 1.48. The van der Waals surface area contributed by atoms with E-state index in [0.29, 0.717) is 29.3 Å². The van der Waals surface area contributed by atoms with E-state index in [1.165, 1.54) is 18.2 Å². The largest absolute Gasteiger partial charge is 0.611 e. The Bertz CT molecular complexity index is 496. The van der Waals surface area contributed by atoms with Gasteiger partial charge in [0.15, 0.2) is 4.90 Å². The van der Waals surface area contributed by atoms with E-state index in [1.807, 2.05) is 0 Å². The molecular formula is C11H11FN2O2S. The van der Waals surface area contributed by atoms with Crippen LogP contribution in [0.15, 0.2) is 23.1 Å². The van der Waals surface area contributed by atoms with Crippen molar-refractivity contribution in [1.29, 1.82) is 0 Å². The number of carbonyl (C=O) groups is 1. The first kappa shape index (κ1) is 11.0. The van der Waals surface area contributed by atoms with Crippen molar-refractivity contribution in [2.24, 2.45) is 0 Å². The molecule has 1 amide bonds. The molecular weight excluding hydrogens is 243 g/mol. The summed E-state index contributed by atoms with van der Waals surface area (Å²) in [7, 11) is 0. The molecule has 6 heteroatoms. The minimum Gasteiger partial charge on any atom is -0.611 e. The second kappa shape index (κ2) is 3.69. The maximum Gasteiger partial charge on any atom is 0.246 e. The fraction of sp³-hybridized carbons (Fsp3) is 0.364. The summed E-state index contributed by atoms with van der Waals surface area (Å²) >= 11 is -1.15. The van der Waals surface area contributed by atoms with Crippen LogP contribution in [0.5, 0.6) is 0 Å². The van der Waals surface area contributed by atoms with Crippen molar-refractivity contribution < 1.29 is 13.7 Å². The van der Waals surface area contributed by atoms with Gasteiger partial charge in [-0.3, -0.25) is 10.1 Å². The summed E-state index contributed by atoms with van der Waals surface area (Å²) in [6.45, 7) is 0.363. The Morgan fingerprint density at radius 2 is 2.29 bits per heavy atom. The van der Waals surface area contributed by atoms with E-state index < -0.39 is 22.5 Å². The number of benzene rings is 1. The summed E-state index contributed by atoms with van der Waals surface area (Å²) in [5.74, 6) is -0.163.